The summed E-state index contributed by atoms with van der Waals surface area (Å²) in [5.74, 6) is -1.92. The fourth-order valence-corrected chi connectivity index (χ4v) is 9.30. The molecule has 0 aromatic heterocycles. The maximum absolute atomic E-state index is 14.1. The molecular weight excluding hydrogens is 472 g/mol. The summed E-state index contributed by atoms with van der Waals surface area (Å²) in [5, 5.41) is 42.3. The molecule has 7 heteroatoms. The number of fused-ring (bicyclic) bond motifs is 4. The molecule has 0 spiro atoms. The molecule has 10 unspecified atom stereocenters. The summed E-state index contributed by atoms with van der Waals surface area (Å²) in [7, 11) is 0. The standard InChI is InChI=1S/C30H46O7/c1-15(10-17(31)11-16(2)26(36)37)18-12-23(35)30(7)25-19(32)13-21-27(3,4)22(34)8-9-28(21,5)24(25)20(33)14-29(18,30)6/h15-19,21-22,31-32,34H,8-14H2,1-7H3,(H,36,37). The van der Waals surface area contributed by atoms with Crippen LogP contribution in [0.15, 0.2) is 11.1 Å². The summed E-state index contributed by atoms with van der Waals surface area (Å²) in [4.78, 5) is 39.2. The van der Waals surface area contributed by atoms with E-state index in [-0.39, 0.29) is 48.6 Å². The zero-order valence-electron chi connectivity index (χ0n) is 23.5. The van der Waals surface area contributed by atoms with Gasteiger partial charge < -0.3 is 20.4 Å². The molecule has 0 aromatic rings. The molecule has 4 N–H and O–H groups in total. The van der Waals surface area contributed by atoms with Crippen molar-refractivity contribution in [2.45, 2.75) is 112 Å². The van der Waals surface area contributed by atoms with Gasteiger partial charge in [-0.3, -0.25) is 14.4 Å². The first-order chi connectivity index (χ1) is 16.9. The van der Waals surface area contributed by atoms with Gasteiger partial charge in [0.25, 0.3) is 0 Å². The molecular formula is C30H46O7. The lowest BCUT2D eigenvalue weighted by Crippen LogP contribution is -2.60. The van der Waals surface area contributed by atoms with E-state index in [4.69, 9.17) is 0 Å². The quantitative estimate of drug-likeness (QED) is 0.419. The lowest BCUT2D eigenvalue weighted by atomic mass is 9.42. The van der Waals surface area contributed by atoms with E-state index in [1.807, 2.05) is 34.6 Å². The third-order valence-electron chi connectivity index (χ3n) is 11.7. The molecule has 10 atom stereocenters. The summed E-state index contributed by atoms with van der Waals surface area (Å²) in [6.45, 7) is 13.6. The smallest absolute Gasteiger partial charge is 0.306 e. The first-order valence-electron chi connectivity index (χ1n) is 14.0. The molecule has 4 aliphatic carbocycles. The van der Waals surface area contributed by atoms with Gasteiger partial charge in [-0.2, -0.15) is 0 Å². The molecule has 0 aromatic carbocycles. The van der Waals surface area contributed by atoms with E-state index < -0.39 is 51.9 Å². The highest BCUT2D eigenvalue weighted by Crippen LogP contribution is 2.70. The van der Waals surface area contributed by atoms with Gasteiger partial charge in [-0.1, -0.05) is 41.5 Å². The molecule has 2 saturated carbocycles. The van der Waals surface area contributed by atoms with Crippen LogP contribution in [-0.2, 0) is 14.4 Å². The van der Waals surface area contributed by atoms with Crippen LogP contribution in [0.1, 0.15) is 93.4 Å². The number of Topliss-reactive ketones (excluding diaryl/α,β-unsaturated/α-hetero) is 2. The number of allylic oxidation sites excluding steroid dienone is 1. The Kier molecular flexibility index (Phi) is 6.91. The van der Waals surface area contributed by atoms with Gasteiger partial charge in [0, 0.05) is 18.4 Å². The Morgan fingerprint density at radius 2 is 1.68 bits per heavy atom. The second kappa shape index (κ2) is 8.99. The summed E-state index contributed by atoms with van der Waals surface area (Å²) in [5.41, 5.74) is -1.42. The van der Waals surface area contributed by atoms with E-state index in [2.05, 4.69) is 6.92 Å². The van der Waals surface area contributed by atoms with E-state index in [1.54, 1.807) is 6.92 Å². The Morgan fingerprint density at radius 3 is 2.27 bits per heavy atom. The Hall–Kier alpha value is -1.57. The average Bonchev–Trinajstić information content (AvgIpc) is 2.99. The number of carboxylic acids is 1. The van der Waals surface area contributed by atoms with Crippen molar-refractivity contribution >= 4 is 17.5 Å². The van der Waals surface area contributed by atoms with E-state index in [0.29, 0.717) is 36.8 Å². The second-order valence-electron chi connectivity index (χ2n) is 14.1. The van der Waals surface area contributed by atoms with Crippen molar-refractivity contribution in [2.75, 3.05) is 0 Å². The average molecular weight is 519 g/mol. The van der Waals surface area contributed by atoms with Crippen molar-refractivity contribution in [1.82, 2.24) is 0 Å². The Balaban J connectivity index is 1.74. The van der Waals surface area contributed by atoms with Crippen LogP contribution in [0.25, 0.3) is 0 Å². The van der Waals surface area contributed by atoms with Gasteiger partial charge in [-0.15, -0.1) is 0 Å². The predicted molar refractivity (Wildman–Crippen MR) is 138 cm³/mol. The van der Waals surface area contributed by atoms with Crippen LogP contribution in [0.3, 0.4) is 0 Å². The topological polar surface area (TPSA) is 132 Å². The second-order valence-corrected chi connectivity index (χ2v) is 14.1. The number of rotatable bonds is 6. The number of aliphatic hydroxyl groups is 3. The van der Waals surface area contributed by atoms with Crippen molar-refractivity contribution in [3.63, 3.8) is 0 Å². The molecule has 37 heavy (non-hydrogen) atoms. The Morgan fingerprint density at radius 1 is 1.05 bits per heavy atom. The van der Waals surface area contributed by atoms with Crippen LogP contribution in [0.2, 0.25) is 0 Å². The van der Waals surface area contributed by atoms with Crippen molar-refractivity contribution in [3.8, 4) is 0 Å². The van der Waals surface area contributed by atoms with Gasteiger partial charge in [-0.25, -0.2) is 0 Å². The molecule has 0 aliphatic heterocycles. The molecule has 0 heterocycles. The highest BCUT2D eigenvalue weighted by atomic mass is 16.4. The van der Waals surface area contributed by atoms with Crippen molar-refractivity contribution in [3.05, 3.63) is 11.1 Å². The largest absolute Gasteiger partial charge is 0.481 e. The summed E-state index contributed by atoms with van der Waals surface area (Å²) in [6, 6.07) is 0. The Labute approximate surface area is 220 Å². The molecule has 208 valence electrons. The van der Waals surface area contributed by atoms with E-state index in [1.165, 1.54) is 0 Å². The third-order valence-corrected chi connectivity index (χ3v) is 11.7. The number of aliphatic carboxylic acids is 1. The maximum Gasteiger partial charge on any atom is 0.306 e. The van der Waals surface area contributed by atoms with Gasteiger partial charge in [-0.05, 0) is 78.6 Å². The number of aliphatic hydroxyl groups excluding tert-OH is 3. The zero-order chi connectivity index (χ0) is 27.9. The van der Waals surface area contributed by atoms with Gasteiger partial charge in [0.15, 0.2) is 5.78 Å². The van der Waals surface area contributed by atoms with Crippen LogP contribution in [0.4, 0.5) is 0 Å². The number of ketones is 2. The fraction of sp³-hybridized carbons (Fsp3) is 0.833. The van der Waals surface area contributed by atoms with Crippen molar-refractivity contribution in [1.29, 1.82) is 0 Å². The molecule has 4 aliphatic rings. The van der Waals surface area contributed by atoms with Crippen molar-refractivity contribution in [2.24, 2.45) is 45.3 Å². The summed E-state index contributed by atoms with van der Waals surface area (Å²) in [6.07, 6.45) is 0.383. The lowest BCUT2D eigenvalue weighted by Gasteiger charge is -2.61. The first kappa shape index (κ1) is 28.4. The maximum atomic E-state index is 14.1. The minimum Gasteiger partial charge on any atom is -0.481 e. The van der Waals surface area contributed by atoms with Gasteiger partial charge >= 0.3 is 5.97 Å². The molecule has 0 bridgehead atoms. The number of hydrogen-bond donors (Lipinski definition) is 4. The zero-order valence-corrected chi connectivity index (χ0v) is 23.5. The van der Waals surface area contributed by atoms with Crippen LogP contribution < -0.4 is 0 Å². The number of carbonyl (C=O) groups excluding carboxylic acids is 2. The molecule has 4 rings (SSSR count). The van der Waals surface area contributed by atoms with Gasteiger partial charge in [0.2, 0.25) is 0 Å². The fourth-order valence-electron chi connectivity index (χ4n) is 9.30. The molecule has 0 amide bonds. The molecule has 2 fully saturated rings. The van der Waals surface area contributed by atoms with Crippen molar-refractivity contribution < 1.29 is 34.8 Å². The molecule has 7 nitrogen and oxygen atoms in total. The van der Waals surface area contributed by atoms with E-state index in [0.717, 1.165) is 0 Å². The Bertz CT molecular complexity index is 1030. The lowest BCUT2D eigenvalue weighted by molar-refractivity contribution is -0.143. The number of carboxylic acid groups (broad SMARTS) is 1. The highest BCUT2D eigenvalue weighted by molar-refractivity contribution is 6.05. The van der Waals surface area contributed by atoms with Crippen LogP contribution in [0, 0.1) is 45.3 Å². The normalized spacial score (nSPS) is 43.5. The van der Waals surface area contributed by atoms with Crippen LogP contribution >= 0.6 is 0 Å². The van der Waals surface area contributed by atoms with Gasteiger partial charge in [0.05, 0.1) is 29.6 Å². The van der Waals surface area contributed by atoms with Crippen LogP contribution in [-0.4, -0.2) is 56.3 Å². The minimum atomic E-state index is -0.984. The van der Waals surface area contributed by atoms with E-state index in [9.17, 15) is 34.8 Å². The first-order valence-corrected chi connectivity index (χ1v) is 14.0. The third kappa shape index (κ3) is 3.89. The van der Waals surface area contributed by atoms with Crippen LogP contribution in [0.5, 0.6) is 0 Å². The molecule has 0 radical (unpaired) electrons. The van der Waals surface area contributed by atoms with E-state index >= 15 is 0 Å². The SMILES string of the molecule is CC(CC(O)CC(C)C1CC(=O)C2(C)C3=C(C(=O)CC12C)C1(C)CCC(O)C(C)(C)C1CC3O)C(=O)O. The molecule has 0 saturated heterocycles. The minimum absolute atomic E-state index is 0.000336. The number of carbonyl (C=O) groups is 3. The summed E-state index contributed by atoms with van der Waals surface area (Å²) < 4.78 is 0. The number of hydrogen-bond acceptors (Lipinski definition) is 6. The summed E-state index contributed by atoms with van der Waals surface area (Å²) >= 11 is 0. The van der Waals surface area contributed by atoms with Gasteiger partial charge in [0.1, 0.15) is 5.78 Å². The predicted octanol–water partition coefficient (Wildman–Crippen LogP) is 3.92. The monoisotopic (exact) mass is 518 g/mol. The highest BCUT2D eigenvalue weighted by Gasteiger charge is 2.70.